The third kappa shape index (κ3) is 5.77. The van der Waals surface area contributed by atoms with Crippen LogP contribution >= 0.6 is 0 Å². The van der Waals surface area contributed by atoms with Crippen LogP contribution in [-0.2, 0) is 18.2 Å². The molecule has 0 radical (unpaired) electrons. The second kappa shape index (κ2) is 8.51. The summed E-state index contributed by atoms with van der Waals surface area (Å²) in [6.45, 7) is 4.14. The van der Waals surface area contributed by atoms with Crippen LogP contribution in [0.5, 0.6) is 0 Å². The maximum Gasteiger partial charge on any atom is 0.109 e. The second-order valence-electron chi connectivity index (χ2n) is 6.28. The zero-order valence-electron chi connectivity index (χ0n) is 13.3. The first-order chi connectivity index (χ1) is 10.1. The SMILES string of the molecule is CC1CCC(OCC(O)CNCCc2nccn2C)CC1. The van der Waals surface area contributed by atoms with E-state index in [1.165, 1.54) is 12.8 Å². The third-order valence-corrected chi connectivity index (χ3v) is 4.31. The van der Waals surface area contributed by atoms with E-state index in [2.05, 4.69) is 17.2 Å². The van der Waals surface area contributed by atoms with Crippen molar-refractivity contribution in [1.29, 1.82) is 0 Å². The van der Waals surface area contributed by atoms with Crippen molar-refractivity contribution in [3.63, 3.8) is 0 Å². The van der Waals surface area contributed by atoms with Gasteiger partial charge >= 0.3 is 0 Å². The Bertz CT molecular complexity index is 400. The molecular formula is C16H29N3O2. The molecule has 0 amide bonds. The van der Waals surface area contributed by atoms with E-state index in [1.807, 2.05) is 24.0 Å². The number of ether oxygens (including phenoxy) is 1. The largest absolute Gasteiger partial charge is 0.389 e. The molecule has 0 aliphatic heterocycles. The molecule has 2 rings (SSSR count). The molecule has 1 aliphatic rings. The molecular weight excluding hydrogens is 266 g/mol. The highest BCUT2D eigenvalue weighted by Crippen LogP contribution is 2.25. The molecule has 1 unspecified atom stereocenters. The van der Waals surface area contributed by atoms with Gasteiger partial charge in [0.15, 0.2) is 0 Å². The number of aryl methyl sites for hydroxylation is 1. The summed E-state index contributed by atoms with van der Waals surface area (Å²) in [4.78, 5) is 4.27. The summed E-state index contributed by atoms with van der Waals surface area (Å²) in [6.07, 6.45) is 9.34. The highest BCUT2D eigenvalue weighted by molar-refractivity contribution is 4.91. The van der Waals surface area contributed by atoms with E-state index in [1.54, 1.807) is 0 Å². The summed E-state index contributed by atoms with van der Waals surface area (Å²) in [5.41, 5.74) is 0. The average Bonchev–Trinajstić information content (AvgIpc) is 2.88. The van der Waals surface area contributed by atoms with Crippen LogP contribution in [0.15, 0.2) is 12.4 Å². The summed E-state index contributed by atoms with van der Waals surface area (Å²) in [5.74, 6) is 1.90. The van der Waals surface area contributed by atoms with Crippen molar-refractivity contribution in [3.05, 3.63) is 18.2 Å². The predicted octanol–water partition coefficient (Wildman–Crippen LogP) is 1.51. The molecule has 1 aliphatic carbocycles. The summed E-state index contributed by atoms with van der Waals surface area (Å²) in [6, 6.07) is 0. The highest BCUT2D eigenvalue weighted by Gasteiger charge is 2.19. The van der Waals surface area contributed by atoms with E-state index in [0.717, 1.165) is 37.5 Å². The zero-order valence-corrected chi connectivity index (χ0v) is 13.3. The van der Waals surface area contributed by atoms with Crippen LogP contribution in [-0.4, -0.2) is 46.6 Å². The Balaban J connectivity index is 1.51. The molecule has 21 heavy (non-hydrogen) atoms. The van der Waals surface area contributed by atoms with Gasteiger partial charge in [-0.2, -0.15) is 0 Å². The Morgan fingerprint density at radius 3 is 2.86 bits per heavy atom. The smallest absolute Gasteiger partial charge is 0.109 e. The van der Waals surface area contributed by atoms with E-state index >= 15 is 0 Å². The first-order valence-corrected chi connectivity index (χ1v) is 8.11. The number of hydrogen-bond donors (Lipinski definition) is 2. The van der Waals surface area contributed by atoms with Crippen LogP contribution in [0.1, 0.15) is 38.4 Å². The minimum atomic E-state index is -0.425. The van der Waals surface area contributed by atoms with Gasteiger partial charge in [0.25, 0.3) is 0 Å². The van der Waals surface area contributed by atoms with Gasteiger partial charge in [0.1, 0.15) is 5.82 Å². The Morgan fingerprint density at radius 1 is 1.43 bits per heavy atom. The Kier molecular flexibility index (Phi) is 6.67. The minimum Gasteiger partial charge on any atom is -0.389 e. The number of rotatable bonds is 8. The molecule has 0 spiro atoms. The molecule has 2 N–H and O–H groups in total. The van der Waals surface area contributed by atoms with Crippen molar-refractivity contribution in [3.8, 4) is 0 Å². The topological polar surface area (TPSA) is 59.3 Å². The lowest BCUT2D eigenvalue weighted by atomic mass is 9.89. The van der Waals surface area contributed by atoms with E-state index in [9.17, 15) is 5.11 Å². The molecule has 1 atom stereocenters. The molecule has 1 aromatic heterocycles. The van der Waals surface area contributed by atoms with Gasteiger partial charge in [-0.15, -0.1) is 0 Å². The molecule has 5 nitrogen and oxygen atoms in total. The number of aliphatic hydroxyl groups is 1. The first-order valence-electron chi connectivity index (χ1n) is 8.11. The number of hydrogen-bond acceptors (Lipinski definition) is 4. The monoisotopic (exact) mass is 295 g/mol. The third-order valence-electron chi connectivity index (χ3n) is 4.31. The normalized spacial score (nSPS) is 24.1. The van der Waals surface area contributed by atoms with Gasteiger partial charge in [-0.25, -0.2) is 4.98 Å². The molecule has 0 aromatic carbocycles. The molecule has 1 heterocycles. The number of imidazole rings is 1. The molecule has 1 aromatic rings. The van der Waals surface area contributed by atoms with Crippen molar-refractivity contribution in [2.75, 3.05) is 19.7 Å². The van der Waals surface area contributed by atoms with E-state index in [0.29, 0.717) is 19.3 Å². The van der Waals surface area contributed by atoms with Gasteiger partial charge in [0, 0.05) is 39.0 Å². The van der Waals surface area contributed by atoms with Gasteiger partial charge in [0.2, 0.25) is 0 Å². The van der Waals surface area contributed by atoms with E-state index < -0.39 is 6.10 Å². The number of aliphatic hydroxyl groups excluding tert-OH is 1. The number of nitrogens with zero attached hydrogens (tertiary/aromatic N) is 2. The van der Waals surface area contributed by atoms with Gasteiger partial charge < -0.3 is 19.7 Å². The van der Waals surface area contributed by atoms with Gasteiger partial charge in [-0.1, -0.05) is 6.92 Å². The predicted molar refractivity (Wildman–Crippen MR) is 83.2 cm³/mol. The van der Waals surface area contributed by atoms with Crippen LogP contribution in [0.4, 0.5) is 0 Å². The van der Waals surface area contributed by atoms with Gasteiger partial charge in [-0.05, 0) is 31.6 Å². The first kappa shape index (κ1) is 16.5. The fourth-order valence-corrected chi connectivity index (χ4v) is 2.81. The fraction of sp³-hybridized carbons (Fsp3) is 0.812. The molecule has 1 fully saturated rings. The van der Waals surface area contributed by atoms with Crippen molar-refractivity contribution >= 4 is 0 Å². The zero-order chi connectivity index (χ0) is 15.1. The second-order valence-corrected chi connectivity index (χ2v) is 6.28. The highest BCUT2D eigenvalue weighted by atomic mass is 16.5. The van der Waals surface area contributed by atoms with Crippen molar-refractivity contribution in [1.82, 2.24) is 14.9 Å². The van der Waals surface area contributed by atoms with Crippen LogP contribution in [0.25, 0.3) is 0 Å². The molecule has 0 bridgehead atoms. The maximum atomic E-state index is 9.94. The lowest BCUT2D eigenvalue weighted by molar-refractivity contribution is -0.0277. The maximum absolute atomic E-state index is 9.94. The lowest BCUT2D eigenvalue weighted by Crippen LogP contribution is -2.34. The quantitative estimate of drug-likeness (QED) is 0.714. The van der Waals surface area contributed by atoms with Crippen LogP contribution in [0.3, 0.4) is 0 Å². The van der Waals surface area contributed by atoms with E-state index in [4.69, 9.17) is 4.74 Å². The Hall–Kier alpha value is -0.910. The fourth-order valence-electron chi connectivity index (χ4n) is 2.81. The van der Waals surface area contributed by atoms with E-state index in [-0.39, 0.29) is 0 Å². The summed E-state index contributed by atoms with van der Waals surface area (Å²) < 4.78 is 7.83. The summed E-state index contributed by atoms with van der Waals surface area (Å²) in [5, 5.41) is 13.2. The van der Waals surface area contributed by atoms with Gasteiger partial charge in [-0.3, -0.25) is 0 Å². The van der Waals surface area contributed by atoms with Crippen LogP contribution in [0, 0.1) is 5.92 Å². The Labute approximate surface area is 127 Å². The molecule has 5 heteroatoms. The average molecular weight is 295 g/mol. The van der Waals surface area contributed by atoms with Crippen molar-refractivity contribution < 1.29 is 9.84 Å². The van der Waals surface area contributed by atoms with Crippen LogP contribution in [0.2, 0.25) is 0 Å². The van der Waals surface area contributed by atoms with Crippen molar-refractivity contribution in [2.24, 2.45) is 13.0 Å². The van der Waals surface area contributed by atoms with Crippen LogP contribution < -0.4 is 5.32 Å². The summed E-state index contributed by atoms with van der Waals surface area (Å²) >= 11 is 0. The number of aromatic nitrogens is 2. The number of nitrogens with one attached hydrogen (secondary N) is 1. The van der Waals surface area contributed by atoms with Crippen molar-refractivity contribution in [2.45, 2.75) is 51.2 Å². The Morgan fingerprint density at radius 2 is 2.19 bits per heavy atom. The lowest BCUT2D eigenvalue weighted by Gasteiger charge is -2.27. The minimum absolute atomic E-state index is 0.350. The van der Waals surface area contributed by atoms with Gasteiger partial charge in [0.05, 0.1) is 18.8 Å². The summed E-state index contributed by atoms with van der Waals surface area (Å²) in [7, 11) is 2.00. The molecule has 1 saturated carbocycles. The standard InChI is InChI=1S/C16H29N3O2/c1-13-3-5-15(6-4-13)21-12-14(20)11-17-8-7-16-18-9-10-19(16)2/h9-10,13-15,17,20H,3-8,11-12H2,1-2H3. The molecule has 0 saturated heterocycles. The molecule has 120 valence electrons.